The molecule has 2 heterocycles. The van der Waals surface area contributed by atoms with Gasteiger partial charge in [0.05, 0.1) is 0 Å². The number of hydrogen-bond donors (Lipinski definition) is 1. The second-order valence-corrected chi connectivity index (χ2v) is 6.67. The lowest BCUT2D eigenvalue weighted by molar-refractivity contribution is 0.0916. The predicted octanol–water partition coefficient (Wildman–Crippen LogP) is 2.97. The molecule has 0 radical (unpaired) electrons. The van der Waals surface area contributed by atoms with E-state index >= 15 is 0 Å². The van der Waals surface area contributed by atoms with E-state index in [1.165, 1.54) is 25.7 Å². The van der Waals surface area contributed by atoms with Gasteiger partial charge in [0.25, 0.3) is 5.91 Å². The first-order valence-corrected chi connectivity index (χ1v) is 8.59. The summed E-state index contributed by atoms with van der Waals surface area (Å²) in [6, 6.07) is 7.69. The molecule has 2 saturated carbocycles. The first-order chi connectivity index (χ1) is 11.8. The number of pyridine rings is 2. The van der Waals surface area contributed by atoms with Crippen molar-refractivity contribution in [1.82, 2.24) is 15.3 Å². The van der Waals surface area contributed by atoms with Gasteiger partial charge in [-0.25, -0.2) is 4.98 Å². The van der Waals surface area contributed by atoms with E-state index in [0.29, 0.717) is 35.9 Å². The molecule has 24 heavy (non-hydrogen) atoms. The van der Waals surface area contributed by atoms with Crippen LogP contribution in [0.25, 0.3) is 0 Å². The van der Waals surface area contributed by atoms with Crippen molar-refractivity contribution in [2.75, 3.05) is 0 Å². The Morgan fingerprint density at radius 2 is 1.83 bits per heavy atom. The van der Waals surface area contributed by atoms with Gasteiger partial charge in [-0.05, 0) is 67.3 Å². The number of ether oxygens (including phenoxy) is 1. The third-order valence-corrected chi connectivity index (χ3v) is 4.69. The number of nitrogens with one attached hydrogen (secondary N) is 1. The van der Waals surface area contributed by atoms with Crippen LogP contribution in [-0.2, 0) is 6.61 Å². The van der Waals surface area contributed by atoms with Crippen molar-refractivity contribution in [3.8, 4) is 5.75 Å². The van der Waals surface area contributed by atoms with Crippen LogP contribution in [0.3, 0.4) is 0 Å². The highest BCUT2D eigenvalue weighted by atomic mass is 16.5. The van der Waals surface area contributed by atoms with Crippen LogP contribution in [0.2, 0.25) is 0 Å². The minimum Gasteiger partial charge on any atom is -0.486 e. The minimum absolute atomic E-state index is 0.121. The second-order valence-electron chi connectivity index (χ2n) is 6.67. The van der Waals surface area contributed by atoms with Crippen molar-refractivity contribution in [3.63, 3.8) is 0 Å². The van der Waals surface area contributed by atoms with E-state index in [1.807, 2.05) is 12.1 Å². The van der Waals surface area contributed by atoms with E-state index in [0.717, 1.165) is 5.56 Å². The lowest BCUT2D eigenvalue weighted by atomic mass is 10.1. The maximum atomic E-state index is 12.7. The molecule has 0 aliphatic heterocycles. The molecule has 2 fully saturated rings. The SMILES string of the molecule is O=C(NC(C1CC1)C1CC1)c1ncccc1OCc1ccncc1. The van der Waals surface area contributed by atoms with Gasteiger partial charge in [-0.3, -0.25) is 9.78 Å². The average molecular weight is 323 g/mol. The summed E-state index contributed by atoms with van der Waals surface area (Å²) in [6.07, 6.45) is 10.0. The van der Waals surface area contributed by atoms with Gasteiger partial charge in [-0.1, -0.05) is 0 Å². The molecule has 2 aliphatic carbocycles. The van der Waals surface area contributed by atoms with Crippen LogP contribution < -0.4 is 10.1 Å². The first kappa shape index (κ1) is 15.1. The molecule has 0 saturated heterocycles. The summed E-state index contributed by atoms with van der Waals surface area (Å²) in [7, 11) is 0. The van der Waals surface area contributed by atoms with Gasteiger partial charge < -0.3 is 10.1 Å². The van der Waals surface area contributed by atoms with E-state index in [4.69, 9.17) is 4.74 Å². The van der Waals surface area contributed by atoms with Gasteiger partial charge >= 0.3 is 0 Å². The Bertz CT molecular complexity index is 700. The van der Waals surface area contributed by atoms with Gasteiger partial charge in [-0.2, -0.15) is 0 Å². The van der Waals surface area contributed by atoms with E-state index in [9.17, 15) is 4.79 Å². The van der Waals surface area contributed by atoms with Crippen molar-refractivity contribution in [2.24, 2.45) is 11.8 Å². The normalized spacial score (nSPS) is 16.9. The van der Waals surface area contributed by atoms with Crippen LogP contribution in [-0.4, -0.2) is 21.9 Å². The van der Waals surface area contributed by atoms with Crippen LogP contribution >= 0.6 is 0 Å². The van der Waals surface area contributed by atoms with Crippen LogP contribution in [0.5, 0.6) is 5.75 Å². The highest BCUT2D eigenvalue weighted by molar-refractivity contribution is 5.95. The molecular weight excluding hydrogens is 302 g/mol. The fourth-order valence-corrected chi connectivity index (χ4v) is 3.07. The number of amides is 1. The van der Waals surface area contributed by atoms with Gasteiger partial charge in [0.1, 0.15) is 6.61 Å². The number of carbonyl (C=O) groups is 1. The maximum Gasteiger partial charge on any atom is 0.273 e. The Morgan fingerprint density at radius 3 is 2.50 bits per heavy atom. The summed E-state index contributed by atoms with van der Waals surface area (Å²) in [6.45, 7) is 0.392. The summed E-state index contributed by atoms with van der Waals surface area (Å²) in [5.74, 6) is 1.72. The molecule has 0 spiro atoms. The summed E-state index contributed by atoms with van der Waals surface area (Å²) in [5, 5.41) is 3.20. The quantitative estimate of drug-likeness (QED) is 0.851. The Morgan fingerprint density at radius 1 is 1.12 bits per heavy atom. The van der Waals surface area contributed by atoms with Crippen molar-refractivity contribution in [2.45, 2.75) is 38.3 Å². The zero-order valence-electron chi connectivity index (χ0n) is 13.5. The fourth-order valence-electron chi connectivity index (χ4n) is 3.07. The molecule has 0 atom stereocenters. The zero-order valence-corrected chi connectivity index (χ0v) is 13.5. The minimum atomic E-state index is -0.121. The van der Waals surface area contributed by atoms with Crippen molar-refractivity contribution >= 4 is 5.91 Å². The van der Waals surface area contributed by atoms with Gasteiger partial charge in [-0.15, -0.1) is 0 Å². The van der Waals surface area contributed by atoms with E-state index in [1.54, 1.807) is 30.7 Å². The lowest BCUT2D eigenvalue weighted by Gasteiger charge is -2.18. The topological polar surface area (TPSA) is 64.1 Å². The molecule has 1 amide bonds. The number of carbonyl (C=O) groups excluding carboxylic acids is 1. The van der Waals surface area contributed by atoms with E-state index < -0.39 is 0 Å². The number of hydrogen-bond acceptors (Lipinski definition) is 4. The zero-order chi connectivity index (χ0) is 16.4. The predicted molar refractivity (Wildman–Crippen MR) is 89.5 cm³/mol. The Balaban J connectivity index is 1.45. The molecular formula is C19H21N3O2. The number of rotatable bonds is 7. The summed E-state index contributed by atoms with van der Waals surface area (Å²) < 4.78 is 5.83. The largest absolute Gasteiger partial charge is 0.486 e. The molecule has 5 heteroatoms. The second kappa shape index (κ2) is 6.59. The molecule has 5 nitrogen and oxygen atoms in total. The third kappa shape index (κ3) is 3.55. The van der Waals surface area contributed by atoms with E-state index in [-0.39, 0.29) is 5.91 Å². The van der Waals surface area contributed by atoms with Crippen LogP contribution in [0.15, 0.2) is 42.9 Å². The van der Waals surface area contributed by atoms with Crippen molar-refractivity contribution < 1.29 is 9.53 Å². The van der Waals surface area contributed by atoms with Gasteiger partial charge in [0.15, 0.2) is 11.4 Å². The standard InChI is InChI=1S/C19H21N3O2/c23-19(22-17(14-3-4-14)15-5-6-15)18-16(2-1-9-21-18)24-12-13-7-10-20-11-8-13/h1-2,7-11,14-15,17H,3-6,12H2,(H,22,23). The molecule has 2 aromatic rings. The fraction of sp³-hybridized carbons (Fsp3) is 0.421. The first-order valence-electron chi connectivity index (χ1n) is 8.59. The van der Waals surface area contributed by atoms with Crippen molar-refractivity contribution in [3.05, 3.63) is 54.1 Å². The molecule has 124 valence electrons. The van der Waals surface area contributed by atoms with Gasteiger partial charge in [0.2, 0.25) is 0 Å². The van der Waals surface area contributed by atoms with Gasteiger partial charge in [0, 0.05) is 24.6 Å². The Labute approximate surface area is 141 Å². The smallest absolute Gasteiger partial charge is 0.273 e. The maximum absolute atomic E-state index is 12.7. The average Bonchev–Trinajstić information content (AvgIpc) is 3.52. The van der Waals surface area contributed by atoms with Crippen LogP contribution in [0.4, 0.5) is 0 Å². The summed E-state index contributed by atoms with van der Waals surface area (Å²) in [5.41, 5.74) is 1.38. The molecule has 0 bridgehead atoms. The highest BCUT2D eigenvalue weighted by Gasteiger charge is 2.42. The number of nitrogens with zero attached hydrogens (tertiary/aromatic N) is 2. The molecule has 2 aromatic heterocycles. The third-order valence-electron chi connectivity index (χ3n) is 4.69. The van der Waals surface area contributed by atoms with Crippen molar-refractivity contribution in [1.29, 1.82) is 0 Å². The Kier molecular flexibility index (Phi) is 4.15. The molecule has 2 aliphatic rings. The van der Waals surface area contributed by atoms with E-state index in [2.05, 4.69) is 15.3 Å². The molecule has 0 aromatic carbocycles. The van der Waals surface area contributed by atoms with Crippen LogP contribution in [0.1, 0.15) is 41.7 Å². The van der Waals surface area contributed by atoms with Crippen LogP contribution in [0, 0.1) is 11.8 Å². The molecule has 0 unspecified atom stereocenters. The Hall–Kier alpha value is -2.43. The molecule has 4 rings (SSSR count). The number of aromatic nitrogens is 2. The summed E-state index contributed by atoms with van der Waals surface area (Å²) in [4.78, 5) is 20.9. The summed E-state index contributed by atoms with van der Waals surface area (Å²) >= 11 is 0. The monoisotopic (exact) mass is 323 g/mol. The molecule has 1 N–H and O–H groups in total. The highest BCUT2D eigenvalue weighted by Crippen LogP contribution is 2.44. The lowest BCUT2D eigenvalue weighted by Crippen LogP contribution is -2.38.